The Labute approximate surface area is 129 Å². The Morgan fingerprint density at radius 3 is 2.43 bits per heavy atom. The van der Waals surface area contributed by atoms with Crippen LogP contribution in [-0.2, 0) is 6.42 Å². The van der Waals surface area contributed by atoms with Crippen molar-refractivity contribution < 1.29 is 0 Å². The van der Waals surface area contributed by atoms with Crippen molar-refractivity contribution in [2.45, 2.75) is 40.0 Å². The number of hydrogen-bond acceptors (Lipinski definition) is 1. The van der Waals surface area contributed by atoms with Crippen molar-refractivity contribution >= 4 is 0 Å². The summed E-state index contributed by atoms with van der Waals surface area (Å²) in [7, 11) is 0. The third kappa shape index (κ3) is 4.44. The van der Waals surface area contributed by atoms with Gasteiger partial charge in [0.1, 0.15) is 0 Å². The van der Waals surface area contributed by atoms with Crippen molar-refractivity contribution in [2.75, 3.05) is 13.1 Å². The first kappa shape index (κ1) is 15.8. The van der Waals surface area contributed by atoms with E-state index in [1.807, 2.05) is 0 Å². The van der Waals surface area contributed by atoms with Crippen molar-refractivity contribution in [3.8, 4) is 0 Å². The zero-order chi connectivity index (χ0) is 15.2. The molecule has 0 amide bonds. The van der Waals surface area contributed by atoms with E-state index in [0.29, 0.717) is 5.92 Å². The molecule has 2 aromatic rings. The first-order valence-electron chi connectivity index (χ1n) is 7.93. The molecule has 1 nitrogen and oxygen atoms in total. The molecule has 2 aromatic carbocycles. The maximum atomic E-state index is 3.51. The van der Waals surface area contributed by atoms with E-state index in [1.165, 1.54) is 27.8 Å². The molecule has 1 atom stereocenters. The summed E-state index contributed by atoms with van der Waals surface area (Å²) in [6.45, 7) is 10.8. The molecule has 0 aliphatic rings. The Kier molecular flexibility index (Phi) is 5.58. The smallest absolute Gasteiger partial charge is 0.00232 e. The zero-order valence-corrected chi connectivity index (χ0v) is 13.7. The van der Waals surface area contributed by atoms with Crippen LogP contribution < -0.4 is 5.32 Å². The van der Waals surface area contributed by atoms with Gasteiger partial charge < -0.3 is 5.32 Å². The van der Waals surface area contributed by atoms with Gasteiger partial charge in [0, 0.05) is 12.5 Å². The molecule has 0 aliphatic carbocycles. The fraction of sp³-hybridized carbons (Fsp3) is 0.400. The van der Waals surface area contributed by atoms with Crippen LogP contribution in [0.25, 0.3) is 0 Å². The fourth-order valence-electron chi connectivity index (χ4n) is 2.77. The molecule has 0 saturated carbocycles. The summed E-state index contributed by atoms with van der Waals surface area (Å²) in [6, 6.07) is 15.8. The Hall–Kier alpha value is -1.60. The van der Waals surface area contributed by atoms with E-state index in [1.54, 1.807) is 0 Å². The number of benzene rings is 2. The molecule has 0 aromatic heterocycles. The van der Waals surface area contributed by atoms with Crippen LogP contribution in [0.1, 0.15) is 40.7 Å². The quantitative estimate of drug-likeness (QED) is 0.819. The molecule has 112 valence electrons. The average Bonchev–Trinajstić information content (AvgIpc) is 2.47. The van der Waals surface area contributed by atoms with Gasteiger partial charge in [-0.1, -0.05) is 55.0 Å². The van der Waals surface area contributed by atoms with Gasteiger partial charge in [-0.05, 0) is 56.0 Å². The van der Waals surface area contributed by atoms with Gasteiger partial charge in [-0.3, -0.25) is 0 Å². The monoisotopic (exact) mass is 281 g/mol. The molecular weight excluding hydrogens is 254 g/mol. The Morgan fingerprint density at radius 1 is 0.952 bits per heavy atom. The summed E-state index contributed by atoms with van der Waals surface area (Å²) in [4.78, 5) is 0. The lowest BCUT2D eigenvalue weighted by Gasteiger charge is -2.19. The minimum Gasteiger partial charge on any atom is -0.316 e. The van der Waals surface area contributed by atoms with Crippen molar-refractivity contribution in [2.24, 2.45) is 0 Å². The van der Waals surface area contributed by atoms with Gasteiger partial charge in [-0.2, -0.15) is 0 Å². The molecule has 1 unspecified atom stereocenters. The van der Waals surface area contributed by atoms with Crippen LogP contribution in [0, 0.1) is 20.8 Å². The SMILES string of the molecule is CCNCC(Cc1ccc(C)c(C)c1)c1cccc(C)c1. The third-order valence-electron chi connectivity index (χ3n) is 4.21. The van der Waals surface area contributed by atoms with Crippen LogP contribution in [0.4, 0.5) is 0 Å². The van der Waals surface area contributed by atoms with Gasteiger partial charge in [0.05, 0.1) is 0 Å². The Bertz CT molecular complexity index is 586. The standard InChI is InChI=1S/C20H27N/c1-5-21-14-20(19-8-6-7-15(2)11-19)13-18-10-9-16(3)17(4)12-18/h6-12,20-21H,5,13-14H2,1-4H3. The van der Waals surface area contributed by atoms with E-state index in [2.05, 4.69) is 75.5 Å². The summed E-state index contributed by atoms with van der Waals surface area (Å²) in [6.07, 6.45) is 1.09. The molecule has 2 rings (SSSR count). The fourth-order valence-corrected chi connectivity index (χ4v) is 2.77. The lowest BCUT2D eigenvalue weighted by atomic mass is 9.90. The van der Waals surface area contributed by atoms with Crippen LogP contribution >= 0.6 is 0 Å². The molecule has 0 fully saturated rings. The van der Waals surface area contributed by atoms with Gasteiger partial charge in [0.15, 0.2) is 0 Å². The molecule has 0 spiro atoms. The van der Waals surface area contributed by atoms with Gasteiger partial charge in [-0.25, -0.2) is 0 Å². The highest BCUT2D eigenvalue weighted by atomic mass is 14.8. The van der Waals surface area contributed by atoms with E-state index in [0.717, 1.165) is 19.5 Å². The molecular formula is C20H27N. The largest absolute Gasteiger partial charge is 0.316 e. The first-order chi connectivity index (χ1) is 10.1. The Morgan fingerprint density at radius 2 is 1.76 bits per heavy atom. The van der Waals surface area contributed by atoms with Crippen LogP contribution in [0.3, 0.4) is 0 Å². The minimum atomic E-state index is 0.534. The molecule has 0 heterocycles. The van der Waals surface area contributed by atoms with Crippen LogP contribution in [0.5, 0.6) is 0 Å². The number of rotatable bonds is 6. The van der Waals surface area contributed by atoms with Crippen LogP contribution in [0.15, 0.2) is 42.5 Å². The van der Waals surface area contributed by atoms with Crippen molar-refractivity contribution in [3.63, 3.8) is 0 Å². The van der Waals surface area contributed by atoms with Crippen molar-refractivity contribution in [3.05, 3.63) is 70.3 Å². The minimum absolute atomic E-state index is 0.534. The topological polar surface area (TPSA) is 12.0 Å². The molecule has 0 saturated heterocycles. The van der Waals surface area contributed by atoms with E-state index in [4.69, 9.17) is 0 Å². The number of hydrogen-bond donors (Lipinski definition) is 1. The molecule has 21 heavy (non-hydrogen) atoms. The van der Waals surface area contributed by atoms with E-state index in [-0.39, 0.29) is 0 Å². The highest BCUT2D eigenvalue weighted by Crippen LogP contribution is 2.22. The second kappa shape index (κ2) is 7.42. The normalized spacial score (nSPS) is 12.4. The van der Waals surface area contributed by atoms with Crippen molar-refractivity contribution in [1.29, 1.82) is 0 Å². The maximum absolute atomic E-state index is 3.51. The summed E-state index contributed by atoms with van der Waals surface area (Å²) in [5.74, 6) is 0.534. The Balaban J connectivity index is 2.21. The van der Waals surface area contributed by atoms with Gasteiger partial charge >= 0.3 is 0 Å². The van der Waals surface area contributed by atoms with E-state index >= 15 is 0 Å². The van der Waals surface area contributed by atoms with Gasteiger partial charge in [0.2, 0.25) is 0 Å². The number of likely N-dealkylation sites (N-methyl/N-ethyl adjacent to an activating group) is 1. The number of aryl methyl sites for hydroxylation is 3. The first-order valence-corrected chi connectivity index (χ1v) is 7.93. The molecule has 0 bridgehead atoms. The highest BCUT2D eigenvalue weighted by Gasteiger charge is 2.12. The summed E-state index contributed by atoms with van der Waals surface area (Å²) < 4.78 is 0. The summed E-state index contributed by atoms with van der Waals surface area (Å²) >= 11 is 0. The second-order valence-electron chi connectivity index (χ2n) is 6.04. The third-order valence-corrected chi connectivity index (χ3v) is 4.21. The number of nitrogens with one attached hydrogen (secondary N) is 1. The zero-order valence-electron chi connectivity index (χ0n) is 13.7. The molecule has 0 aliphatic heterocycles. The predicted octanol–water partition coefficient (Wildman–Crippen LogP) is 4.55. The highest BCUT2D eigenvalue weighted by molar-refractivity contribution is 5.33. The average molecular weight is 281 g/mol. The van der Waals surface area contributed by atoms with Gasteiger partial charge in [-0.15, -0.1) is 0 Å². The molecule has 0 radical (unpaired) electrons. The van der Waals surface area contributed by atoms with E-state index in [9.17, 15) is 0 Å². The molecule has 1 heteroatoms. The predicted molar refractivity (Wildman–Crippen MR) is 92.1 cm³/mol. The van der Waals surface area contributed by atoms with Crippen LogP contribution in [-0.4, -0.2) is 13.1 Å². The van der Waals surface area contributed by atoms with Crippen LogP contribution in [0.2, 0.25) is 0 Å². The van der Waals surface area contributed by atoms with E-state index < -0.39 is 0 Å². The van der Waals surface area contributed by atoms with Gasteiger partial charge in [0.25, 0.3) is 0 Å². The summed E-state index contributed by atoms with van der Waals surface area (Å²) in [5.41, 5.74) is 6.97. The lowest BCUT2D eigenvalue weighted by molar-refractivity contribution is 0.594. The lowest BCUT2D eigenvalue weighted by Crippen LogP contribution is -2.22. The maximum Gasteiger partial charge on any atom is 0.00232 e. The summed E-state index contributed by atoms with van der Waals surface area (Å²) in [5, 5.41) is 3.51. The van der Waals surface area contributed by atoms with Crippen molar-refractivity contribution in [1.82, 2.24) is 5.32 Å². The molecule has 1 N–H and O–H groups in total. The second-order valence-corrected chi connectivity index (χ2v) is 6.04.